The molecule has 1 saturated carbocycles. The van der Waals surface area contributed by atoms with Crippen LogP contribution in [0.3, 0.4) is 0 Å². The molecule has 6 rings (SSSR count). The first-order valence-electron chi connectivity index (χ1n) is 13.6. The van der Waals surface area contributed by atoms with Crippen LogP contribution in [-0.4, -0.2) is 42.5 Å². The number of nitrogens with one attached hydrogen (secondary N) is 2. The van der Waals surface area contributed by atoms with Crippen LogP contribution in [0.2, 0.25) is 0 Å². The van der Waals surface area contributed by atoms with Crippen molar-refractivity contribution in [2.45, 2.75) is 65.1 Å². The molecule has 0 bridgehead atoms. The minimum absolute atomic E-state index is 0.236. The van der Waals surface area contributed by atoms with Crippen LogP contribution < -0.4 is 15.4 Å². The van der Waals surface area contributed by atoms with Crippen LogP contribution >= 0.6 is 0 Å². The van der Waals surface area contributed by atoms with Gasteiger partial charge in [-0.1, -0.05) is 0 Å². The predicted octanol–water partition coefficient (Wildman–Crippen LogP) is 5.10. The molecule has 0 spiro atoms. The molecule has 0 saturated heterocycles. The van der Waals surface area contributed by atoms with Crippen LogP contribution in [0.4, 0.5) is 15.1 Å². The number of rotatable bonds is 7. The number of hydrogen-bond acceptors (Lipinski definition) is 7. The number of hydrogen-bond donors (Lipinski definition) is 2. The number of benzene rings is 1. The zero-order valence-corrected chi connectivity index (χ0v) is 23.4. The molecule has 1 aliphatic heterocycles. The zero-order valence-electron chi connectivity index (χ0n) is 23.4. The zero-order chi connectivity index (χ0) is 28.2. The molecule has 3 aromatic heterocycles. The number of alkyl carbamates (subject to hydrolysis) is 1. The molecule has 1 aromatic carbocycles. The van der Waals surface area contributed by atoms with Crippen LogP contribution in [-0.2, 0) is 24.8 Å². The van der Waals surface area contributed by atoms with Gasteiger partial charge in [0.25, 0.3) is 0 Å². The summed E-state index contributed by atoms with van der Waals surface area (Å²) in [5.74, 6) is 1.23. The maximum absolute atomic E-state index is 14.8. The summed E-state index contributed by atoms with van der Waals surface area (Å²) in [6.45, 7) is 8.24. The largest absolute Gasteiger partial charge is 0.493 e. The van der Waals surface area contributed by atoms with E-state index in [4.69, 9.17) is 19.4 Å². The quantitative estimate of drug-likeness (QED) is 0.331. The third-order valence-corrected chi connectivity index (χ3v) is 7.24. The molecule has 210 valence electrons. The SMILES string of the molecule is Cc1cc(-c2cnc(NCc3c(F)ccc4c3CCO4)n3cc(C(NC(=O)OC(C)(C)C)C4CC4)nc23)n(C)n1. The number of carbonyl (C=O) groups excluding carboxylic acids is 1. The number of nitrogens with zero attached hydrogens (tertiary/aromatic N) is 5. The molecule has 40 heavy (non-hydrogen) atoms. The van der Waals surface area contributed by atoms with Gasteiger partial charge in [0.15, 0.2) is 5.65 Å². The Morgan fingerprint density at radius 3 is 2.80 bits per heavy atom. The van der Waals surface area contributed by atoms with Gasteiger partial charge >= 0.3 is 6.09 Å². The van der Waals surface area contributed by atoms with E-state index in [1.807, 2.05) is 51.4 Å². The Hall–Kier alpha value is -4.15. The Morgan fingerprint density at radius 1 is 1.30 bits per heavy atom. The third kappa shape index (κ3) is 5.07. The van der Waals surface area contributed by atoms with Crippen LogP contribution in [0.25, 0.3) is 16.9 Å². The minimum Gasteiger partial charge on any atom is -0.493 e. The molecule has 10 nitrogen and oxygen atoms in total. The minimum atomic E-state index is -0.611. The highest BCUT2D eigenvalue weighted by Crippen LogP contribution is 2.41. The highest BCUT2D eigenvalue weighted by atomic mass is 19.1. The fraction of sp³-hybridized carbons (Fsp3) is 0.448. The van der Waals surface area contributed by atoms with Gasteiger partial charge in [0.1, 0.15) is 17.2 Å². The summed E-state index contributed by atoms with van der Waals surface area (Å²) in [5, 5.41) is 10.9. The summed E-state index contributed by atoms with van der Waals surface area (Å²) in [6.07, 6.45) is 5.83. The molecule has 1 aliphatic carbocycles. The Bertz CT molecular complexity index is 1600. The monoisotopic (exact) mass is 547 g/mol. The van der Waals surface area contributed by atoms with Crippen molar-refractivity contribution >= 4 is 17.7 Å². The molecule has 1 amide bonds. The van der Waals surface area contributed by atoms with Gasteiger partial charge < -0.3 is 20.1 Å². The van der Waals surface area contributed by atoms with E-state index >= 15 is 0 Å². The first-order valence-corrected chi connectivity index (χ1v) is 13.6. The molecular weight excluding hydrogens is 513 g/mol. The van der Waals surface area contributed by atoms with Crippen LogP contribution in [0.5, 0.6) is 5.75 Å². The van der Waals surface area contributed by atoms with E-state index in [1.54, 1.807) is 16.9 Å². The number of amides is 1. The molecule has 2 aliphatic rings. The Labute approximate surface area is 231 Å². The highest BCUT2D eigenvalue weighted by molar-refractivity contribution is 5.77. The average Bonchev–Trinajstić information content (AvgIpc) is 3.26. The molecule has 1 unspecified atom stereocenters. The number of anilines is 1. The normalized spacial score (nSPS) is 15.6. The molecular formula is C29H34FN7O3. The number of halogens is 1. The standard InChI is InChI=1S/C29H34FN7O3/c1-16-12-23(36(5)35-16)20-14-32-27(31-13-19-18-10-11-39-24(18)9-8-21(19)30)37-15-22(33-26(20)37)25(17-6-7-17)34-28(38)40-29(2,3)4/h8-9,12,14-15,17,25H,6-7,10-11,13H2,1-5H3,(H,31,32)(H,34,38). The average molecular weight is 548 g/mol. The second-order valence-electron chi connectivity index (χ2n) is 11.6. The second kappa shape index (κ2) is 9.79. The lowest BCUT2D eigenvalue weighted by molar-refractivity contribution is 0.0496. The fourth-order valence-corrected chi connectivity index (χ4v) is 5.29. The number of aryl methyl sites for hydroxylation is 2. The van der Waals surface area contributed by atoms with Gasteiger partial charge in [-0.25, -0.2) is 19.2 Å². The molecule has 2 N–H and O–H groups in total. The van der Waals surface area contributed by atoms with E-state index in [1.165, 1.54) is 6.07 Å². The van der Waals surface area contributed by atoms with E-state index in [0.29, 0.717) is 35.9 Å². The summed E-state index contributed by atoms with van der Waals surface area (Å²) in [5.41, 5.74) is 4.76. The smallest absolute Gasteiger partial charge is 0.408 e. The molecule has 1 fully saturated rings. The van der Waals surface area contributed by atoms with Gasteiger partial charge in [0, 0.05) is 43.5 Å². The summed E-state index contributed by atoms with van der Waals surface area (Å²) in [4.78, 5) is 22.5. The highest BCUT2D eigenvalue weighted by Gasteiger charge is 2.36. The van der Waals surface area contributed by atoms with Gasteiger partial charge in [-0.05, 0) is 64.7 Å². The number of imidazole rings is 1. The van der Waals surface area contributed by atoms with E-state index in [0.717, 1.165) is 41.1 Å². The van der Waals surface area contributed by atoms with Crippen molar-refractivity contribution < 1.29 is 18.7 Å². The van der Waals surface area contributed by atoms with Gasteiger partial charge in [-0.15, -0.1) is 0 Å². The summed E-state index contributed by atoms with van der Waals surface area (Å²) in [6, 6.07) is 4.80. The van der Waals surface area contributed by atoms with Gasteiger partial charge in [0.2, 0.25) is 5.95 Å². The third-order valence-electron chi connectivity index (χ3n) is 7.24. The molecule has 4 heterocycles. The lowest BCUT2D eigenvalue weighted by atomic mass is 10.0. The van der Waals surface area contributed by atoms with E-state index in [2.05, 4.69) is 15.7 Å². The van der Waals surface area contributed by atoms with Crippen molar-refractivity contribution in [3.05, 3.63) is 58.9 Å². The van der Waals surface area contributed by atoms with Crippen LogP contribution in [0.1, 0.15) is 62.2 Å². The number of fused-ring (bicyclic) bond motifs is 2. The number of ether oxygens (including phenoxy) is 2. The first-order chi connectivity index (χ1) is 19.1. The number of carbonyl (C=O) groups is 1. The fourth-order valence-electron chi connectivity index (χ4n) is 5.29. The van der Waals surface area contributed by atoms with E-state index in [-0.39, 0.29) is 24.3 Å². The van der Waals surface area contributed by atoms with Gasteiger partial charge in [-0.3, -0.25) is 9.08 Å². The Balaban J connectivity index is 1.39. The molecule has 0 radical (unpaired) electrons. The lowest BCUT2D eigenvalue weighted by Crippen LogP contribution is -2.35. The van der Waals surface area contributed by atoms with E-state index < -0.39 is 11.7 Å². The van der Waals surface area contributed by atoms with Crippen LogP contribution in [0.15, 0.2) is 30.6 Å². The van der Waals surface area contributed by atoms with Crippen LogP contribution in [0, 0.1) is 18.7 Å². The predicted molar refractivity (Wildman–Crippen MR) is 148 cm³/mol. The van der Waals surface area contributed by atoms with Crippen molar-refractivity contribution in [3.63, 3.8) is 0 Å². The Morgan fingerprint density at radius 2 is 2.10 bits per heavy atom. The van der Waals surface area contributed by atoms with Crippen molar-refractivity contribution in [3.8, 4) is 17.0 Å². The number of aromatic nitrogens is 5. The maximum atomic E-state index is 14.8. The molecule has 11 heteroatoms. The first kappa shape index (κ1) is 26.1. The summed E-state index contributed by atoms with van der Waals surface area (Å²) >= 11 is 0. The molecule has 4 aromatic rings. The maximum Gasteiger partial charge on any atom is 0.408 e. The molecule has 1 atom stereocenters. The summed E-state index contributed by atoms with van der Waals surface area (Å²) < 4.78 is 29.7. The van der Waals surface area contributed by atoms with Crippen molar-refractivity contribution in [2.24, 2.45) is 13.0 Å². The van der Waals surface area contributed by atoms with Gasteiger partial charge in [-0.2, -0.15) is 5.10 Å². The van der Waals surface area contributed by atoms with Crippen molar-refractivity contribution in [1.82, 2.24) is 29.5 Å². The topological polar surface area (TPSA) is 108 Å². The van der Waals surface area contributed by atoms with E-state index in [9.17, 15) is 9.18 Å². The second-order valence-corrected chi connectivity index (χ2v) is 11.6. The lowest BCUT2D eigenvalue weighted by Gasteiger charge is -2.22. The Kier molecular flexibility index (Phi) is 6.39. The summed E-state index contributed by atoms with van der Waals surface area (Å²) in [7, 11) is 1.88. The van der Waals surface area contributed by atoms with Crippen molar-refractivity contribution in [2.75, 3.05) is 11.9 Å². The van der Waals surface area contributed by atoms with Crippen molar-refractivity contribution in [1.29, 1.82) is 0 Å². The van der Waals surface area contributed by atoms with Gasteiger partial charge in [0.05, 0.1) is 35.3 Å².